The van der Waals surface area contributed by atoms with Crippen LogP contribution in [0.3, 0.4) is 0 Å². The number of unbranched alkanes of at least 4 members (excludes halogenated alkanes) is 1. The predicted octanol–water partition coefficient (Wildman–Crippen LogP) is 6.80. The Bertz CT molecular complexity index is 2200. The fourth-order valence-electron chi connectivity index (χ4n) is 6.91. The molecule has 2 aliphatic rings. The summed E-state index contributed by atoms with van der Waals surface area (Å²) < 4.78 is 68.9. The maximum atomic E-state index is 12.1. The normalized spacial score (nSPS) is 17.7. The van der Waals surface area contributed by atoms with Crippen LogP contribution in [0.2, 0.25) is 0 Å². The van der Waals surface area contributed by atoms with Gasteiger partial charge in [-0.05, 0) is 68.3 Å². The number of carbonyl (C=O) groups is 1. The number of nitrogens with zero attached hydrogens (tertiary/aromatic N) is 3. The molecule has 0 unspecified atom stereocenters. The zero-order chi connectivity index (χ0) is 37.4. The van der Waals surface area contributed by atoms with Crippen molar-refractivity contribution in [2.24, 2.45) is 0 Å². The molecule has 0 radical (unpaired) electrons. The van der Waals surface area contributed by atoms with Gasteiger partial charge in [-0.15, -0.1) is 0 Å². The number of carboxylic acid groups (broad SMARTS) is 1. The second-order valence-electron chi connectivity index (χ2n) is 13.8. The van der Waals surface area contributed by atoms with Gasteiger partial charge in [0, 0.05) is 59.2 Å². The molecule has 3 aromatic rings. The van der Waals surface area contributed by atoms with Crippen LogP contribution in [-0.2, 0) is 31.1 Å². The molecule has 0 bridgehead atoms. The molecular weight excluding hydrogens is 691 g/mol. The number of benzene rings is 2. The van der Waals surface area contributed by atoms with Crippen molar-refractivity contribution in [2.75, 3.05) is 23.7 Å². The molecule has 5 rings (SSSR count). The first kappa shape index (κ1) is 37.8. The van der Waals surface area contributed by atoms with Crippen LogP contribution in [-0.4, -0.2) is 71.1 Å². The van der Waals surface area contributed by atoms with E-state index >= 15 is 0 Å². The summed E-state index contributed by atoms with van der Waals surface area (Å²) in [5.74, 6) is -1.56. The average Bonchev–Trinajstić information content (AvgIpc) is 3.40. The zero-order valence-electron chi connectivity index (χ0n) is 29.4. The summed E-state index contributed by atoms with van der Waals surface area (Å²) in [5.41, 5.74) is 5.52. The standard InChI is InChI=1S/C38H43N3O8S2/c1-6-7-21-40-32-12-9-8-11-29(32)37(2,3)34(40)19-14-26(31-17-13-27(25-39-31)36(42)43)15-20-35-38(4,5)30-24-28(51(47,48)49)16-18-33(30)41(35)22-10-23-50(44,45)46/h8-9,11-20,24-25H,6-7,10,21-23H2,1-5H3,(H2-,42,43,44,45,46,47,48,49)/p+1. The predicted molar refractivity (Wildman–Crippen MR) is 198 cm³/mol. The lowest BCUT2D eigenvalue weighted by Gasteiger charge is -2.27. The van der Waals surface area contributed by atoms with E-state index < -0.39 is 37.4 Å². The SMILES string of the molecule is CCCC[N+]1=C(/C=C/C(=C/C=C2/N(CCCS(=O)(=O)O)c3ccc(S(=O)(=O)O)cc3C2(C)C)c2ccc(C(=O)O)cn2)C(C)(C)c2ccccc21. The lowest BCUT2D eigenvalue weighted by molar-refractivity contribution is -0.438. The van der Waals surface area contributed by atoms with Gasteiger partial charge >= 0.3 is 5.97 Å². The van der Waals surface area contributed by atoms with Gasteiger partial charge in [-0.3, -0.25) is 14.1 Å². The maximum Gasteiger partial charge on any atom is 0.337 e. The summed E-state index contributed by atoms with van der Waals surface area (Å²) in [6, 6.07) is 15.8. The molecule has 0 spiro atoms. The topological polar surface area (TPSA) is 165 Å². The summed E-state index contributed by atoms with van der Waals surface area (Å²) in [6.07, 6.45) is 11.2. The molecule has 1 aromatic heterocycles. The van der Waals surface area contributed by atoms with Crippen LogP contribution in [0.15, 0.2) is 95.7 Å². The number of aromatic carboxylic acids is 1. The van der Waals surface area contributed by atoms with Crippen LogP contribution in [0.5, 0.6) is 0 Å². The summed E-state index contributed by atoms with van der Waals surface area (Å²) in [5, 5.41) is 9.52. The van der Waals surface area contributed by atoms with E-state index in [1.165, 1.54) is 30.0 Å². The molecule has 0 fully saturated rings. The zero-order valence-corrected chi connectivity index (χ0v) is 31.0. The molecule has 2 aliphatic heterocycles. The van der Waals surface area contributed by atoms with Gasteiger partial charge in [-0.2, -0.15) is 21.4 Å². The van der Waals surface area contributed by atoms with Gasteiger partial charge in [0.15, 0.2) is 5.71 Å². The summed E-state index contributed by atoms with van der Waals surface area (Å²) in [4.78, 5) is 17.7. The third-order valence-corrected chi connectivity index (χ3v) is 11.3. The number of para-hydroxylation sites is 1. The van der Waals surface area contributed by atoms with Gasteiger partial charge in [-0.1, -0.05) is 51.5 Å². The van der Waals surface area contributed by atoms with Crippen molar-refractivity contribution in [1.29, 1.82) is 0 Å². The molecule has 0 amide bonds. The van der Waals surface area contributed by atoms with Crippen molar-refractivity contribution >= 4 is 48.9 Å². The molecule has 0 aliphatic carbocycles. The Hall–Kier alpha value is -4.43. The van der Waals surface area contributed by atoms with Gasteiger partial charge in [0.05, 0.1) is 27.3 Å². The first-order chi connectivity index (χ1) is 23.9. The Balaban J connectivity index is 1.67. The van der Waals surface area contributed by atoms with E-state index in [2.05, 4.69) is 48.5 Å². The first-order valence-corrected chi connectivity index (χ1v) is 19.8. The van der Waals surface area contributed by atoms with E-state index in [0.29, 0.717) is 28.2 Å². The average molecular weight is 735 g/mol. The highest BCUT2D eigenvalue weighted by atomic mass is 32.2. The van der Waals surface area contributed by atoms with Crippen LogP contribution in [0.25, 0.3) is 5.57 Å². The van der Waals surface area contributed by atoms with E-state index in [1.54, 1.807) is 12.1 Å². The Morgan fingerprint density at radius 3 is 2.29 bits per heavy atom. The van der Waals surface area contributed by atoms with Crippen LogP contribution in [0, 0.1) is 0 Å². The Kier molecular flexibility index (Phi) is 10.6. The lowest BCUT2D eigenvalue weighted by Crippen LogP contribution is -2.28. The van der Waals surface area contributed by atoms with E-state index in [-0.39, 0.29) is 28.8 Å². The second-order valence-corrected chi connectivity index (χ2v) is 16.8. The highest BCUT2D eigenvalue weighted by Gasteiger charge is 2.44. The van der Waals surface area contributed by atoms with E-state index in [9.17, 15) is 35.8 Å². The quantitative estimate of drug-likeness (QED) is 0.0966. The minimum atomic E-state index is -4.50. The third kappa shape index (κ3) is 7.91. The molecule has 3 N–H and O–H groups in total. The number of aromatic nitrogens is 1. The lowest BCUT2D eigenvalue weighted by atomic mass is 9.81. The van der Waals surface area contributed by atoms with Crippen molar-refractivity contribution in [3.05, 3.63) is 113 Å². The summed E-state index contributed by atoms with van der Waals surface area (Å²) >= 11 is 0. The molecule has 51 heavy (non-hydrogen) atoms. The number of fused-ring (bicyclic) bond motifs is 2. The number of pyridine rings is 1. The number of carboxylic acids is 1. The van der Waals surface area contributed by atoms with E-state index in [1.807, 2.05) is 49.1 Å². The largest absolute Gasteiger partial charge is 0.478 e. The van der Waals surface area contributed by atoms with Gasteiger partial charge in [0.1, 0.15) is 6.54 Å². The molecular formula is C38H44N3O8S2+. The fourth-order valence-corrected chi connectivity index (χ4v) is 7.91. The second kappa shape index (κ2) is 14.3. The molecule has 2 aromatic carbocycles. The molecule has 3 heterocycles. The van der Waals surface area contributed by atoms with Crippen molar-refractivity contribution in [3.8, 4) is 0 Å². The Labute approximate surface area is 299 Å². The number of rotatable bonds is 13. The first-order valence-electron chi connectivity index (χ1n) is 16.8. The molecule has 11 nitrogen and oxygen atoms in total. The van der Waals surface area contributed by atoms with Gasteiger partial charge in [0.2, 0.25) is 5.69 Å². The van der Waals surface area contributed by atoms with Gasteiger partial charge in [0.25, 0.3) is 20.2 Å². The number of hydrogen-bond donors (Lipinski definition) is 3. The maximum absolute atomic E-state index is 12.1. The van der Waals surface area contributed by atoms with Gasteiger partial charge < -0.3 is 10.0 Å². The summed E-state index contributed by atoms with van der Waals surface area (Å²) in [6.45, 7) is 11.4. The minimum absolute atomic E-state index is 0.0416. The van der Waals surface area contributed by atoms with Crippen molar-refractivity contribution in [3.63, 3.8) is 0 Å². The Morgan fingerprint density at radius 2 is 1.67 bits per heavy atom. The summed E-state index contributed by atoms with van der Waals surface area (Å²) in [7, 11) is -8.73. The molecule has 13 heteroatoms. The highest BCUT2D eigenvalue weighted by molar-refractivity contribution is 7.86. The molecule has 270 valence electrons. The smallest absolute Gasteiger partial charge is 0.337 e. The molecule has 0 atom stereocenters. The monoisotopic (exact) mass is 734 g/mol. The minimum Gasteiger partial charge on any atom is -0.478 e. The fraction of sp³-hybridized carbons (Fsp3) is 0.342. The number of allylic oxidation sites excluding steroid dienone is 6. The van der Waals surface area contributed by atoms with Crippen LogP contribution in [0.4, 0.5) is 11.4 Å². The number of anilines is 1. The van der Waals surface area contributed by atoms with Gasteiger partial charge in [-0.25, -0.2) is 4.79 Å². The van der Waals surface area contributed by atoms with Crippen molar-refractivity contribution in [2.45, 2.75) is 69.6 Å². The van der Waals surface area contributed by atoms with Crippen LogP contribution < -0.4 is 4.90 Å². The van der Waals surface area contributed by atoms with E-state index in [4.69, 9.17) is 0 Å². The van der Waals surface area contributed by atoms with Crippen molar-refractivity contribution < 1.29 is 40.4 Å². The highest BCUT2D eigenvalue weighted by Crippen LogP contribution is 2.49. The van der Waals surface area contributed by atoms with Crippen LogP contribution >= 0.6 is 0 Å². The molecule has 0 saturated carbocycles. The van der Waals surface area contributed by atoms with E-state index in [0.717, 1.165) is 30.8 Å². The van der Waals surface area contributed by atoms with Crippen LogP contribution in [0.1, 0.15) is 81.1 Å². The molecule has 0 saturated heterocycles. The Morgan fingerprint density at radius 1 is 0.941 bits per heavy atom. The van der Waals surface area contributed by atoms with Crippen molar-refractivity contribution in [1.82, 2.24) is 4.98 Å². The number of hydrogen-bond acceptors (Lipinski definition) is 7. The third-order valence-electron chi connectivity index (χ3n) is 9.63.